The number of rotatable bonds is 6. The molecule has 2 aliphatic rings. The highest BCUT2D eigenvalue weighted by molar-refractivity contribution is 6.04. The normalized spacial score (nSPS) is 14.0. The van der Waals surface area contributed by atoms with E-state index in [1.165, 1.54) is 60.9 Å². The third-order valence-electron chi connectivity index (χ3n) is 11.3. The van der Waals surface area contributed by atoms with Gasteiger partial charge in [0.15, 0.2) is 17.5 Å². The predicted octanol–water partition coefficient (Wildman–Crippen LogP) is 13.4. The Kier molecular flexibility index (Phi) is 7.96. The number of aromatic nitrogens is 3. The zero-order valence-corrected chi connectivity index (χ0v) is 31.0. The summed E-state index contributed by atoms with van der Waals surface area (Å²) in [6.07, 6.45) is 9.25. The van der Waals surface area contributed by atoms with Crippen LogP contribution in [0.1, 0.15) is 43.4 Å². The van der Waals surface area contributed by atoms with Crippen LogP contribution in [0.25, 0.3) is 83.9 Å². The second-order valence-corrected chi connectivity index (χ2v) is 15.1. The fraction of sp³-hybridized carbons (Fsp3) is 0.0962. The molecule has 2 aliphatic carbocycles. The van der Waals surface area contributed by atoms with Crippen molar-refractivity contribution >= 4 is 16.3 Å². The Morgan fingerprint density at radius 2 is 0.964 bits per heavy atom. The Morgan fingerprint density at radius 3 is 1.55 bits per heavy atom. The van der Waals surface area contributed by atoms with Crippen LogP contribution in [0.3, 0.4) is 0 Å². The van der Waals surface area contributed by atoms with Gasteiger partial charge < -0.3 is 0 Å². The molecule has 0 fully saturated rings. The number of nitrogens with zero attached hydrogens (tertiary/aromatic N) is 3. The van der Waals surface area contributed by atoms with Gasteiger partial charge in [0, 0.05) is 22.1 Å². The molecule has 0 atom stereocenters. The molecule has 0 saturated carbocycles. The van der Waals surface area contributed by atoms with Gasteiger partial charge in [-0.3, -0.25) is 0 Å². The summed E-state index contributed by atoms with van der Waals surface area (Å²) in [4.78, 5) is 14.7. The molecule has 55 heavy (non-hydrogen) atoms. The zero-order chi connectivity index (χ0) is 36.9. The lowest BCUT2D eigenvalue weighted by atomic mass is 9.78. The molecule has 0 N–H and O–H groups in total. The summed E-state index contributed by atoms with van der Waals surface area (Å²) in [5.41, 5.74) is 15.8. The molecule has 0 aliphatic heterocycles. The minimum Gasteiger partial charge on any atom is -0.208 e. The number of hydrogen-bond donors (Lipinski definition) is 0. The summed E-state index contributed by atoms with van der Waals surface area (Å²) in [7, 11) is 0. The van der Waals surface area contributed by atoms with Crippen LogP contribution >= 0.6 is 0 Å². The first-order chi connectivity index (χ1) is 27.0. The minimum atomic E-state index is -0.140. The molecule has 0 bridgehead atoms. The van der Waals surface area contributed by atoms with Crippen LogP contribution in [0.4, 0.5) is 0 Å². The van der Waals surface area contributed by atoms with E-state index >= 15 is 0 Å². The lowest BCUT2D eigenvalue weighted by molar-refractivity contribution is 0.666. The molecule has 3 nitrogen and oxygen atoms in total. The average Bonchev–Trinajstić information content (AvgIpc) is 3.50. The van der Waals surface area contributed by atoms with E-state index < -0.39 is 0 Å². The Labute approximate surface area is 322 Å². The Bertz CT molecular complexity index is 2740. The molecule has 0 radical (unpaired) electrons. The van der Waals surface area contributed by atoms with Gasteiger partial charge in [0.05, 0.1) is 0 Å². The second kappa shape index (κ2) is 13.3. The van der Waals surface area contributed by atoms with Gasteiger partial charge >= 0.3 is 0 Å². The van der Waals surface area contributed by atoms with E-state index in [-0.39, 0.29) is 5.41 Å². The summed E-state index contributed by atoms with van der Waals surface area (Å²) < 4.78 is 0. The van der Waals surface area contributed by atoms with Crippen molar-refractivity contribution in [1.29, 1.82) is 0 Å². The van der Waals surface area contributed by atoms with Crippen LogP contribution in [-0.4, -0.2) is 15.0 Å². The lowest BCUT2D eigenvalue weighted by Gasteiger charge is -2.24. The molecule has 3 heteroatoms. The molecule has 10 rings (SSSR count). The van der Waals surface area contributed by atoms with Crippen molar-refractivity contribution in [3.8, 4) is 67.5 Å². The SMILES string of the molecule is CC1(C)c2cc(-c3ccc(-c4ccc(-c5nc(-c6ccccc6)nc(-c6ccccc6)n5)cc4)cc3)ccc2-c2c(C3=CCCC=C3)cc3ccccc3c21. The smallest absolute Gasteiger partial charge is 0.164 e. The summed E-state index contributed by atoms with van der Waals surface area (Å²) in [5, 5.41) is 2.66. The Hall–Kier alpha value is -6.71. The van der Waals surface area contributed by atoms with E-state index in [4.69, 9.17) is 15.0 Å². The summed E-state index contributed by atoms with van der Waals surface area (Å²) in [6, 6.07) is 56.1. The standard InChI is InChI=1S/C52H39N3/c1-52(2)46-33-41(30-31-44(46)47-45(37-14-6-3-7-15-37)32-42-20-12-13-21-43(42)48(47)52)36-24-22-34(23-25-36)35-26-28-40(29-27-35)51-54-49(38-16-8-4-9-17-38)53-50(55-51)39-18-10-5-11-19-39/h4-6,8-33H,3,7H2,1-2H3. The molecule has 1 heterocycles. The molecule has 8 aromatic rings. The predicted molar refractivity (Wildman–Crippen MR) is 228 cm³/mol. The second-order valence-electron chi connectivity index (χ2n) is 15.1. The molecule has 0 amide bonds. The molecular formula is C52H39N3. The van der Waals surface area contributed by atoms with Crippen molar-refractivity contribution in [1.82, 2.24) is 15.0 Å². The molecule has 262 valence electrons. The van der Waals surface area contributed by atoms with E-state index in [0.29, 0.717) is 17.5 Å². The average molecular weight is 706 g/mol. The Morgan fingerprint density at radius 1 is 0.455 bits per heavy atom. The van der Waals surface area contributed by atoms with Gasteiger partial charge in [-0.2, -0.15) is 0 Å². The third kappa shape index (κ3) is 5.80. The number of allylic oxidation sites excluding steroid dienone is 4. The highest BCUT2D eigenvalue weighted by atomic mass is 15.0. The van der Waals surface area contributed by atoms with Crippen LogP contribution in [0.5, 0.6) is 0 Å². The van der Waals surface area contributed by atoms with E-state index in [2.05, 4.69) is 129 Å². The van der Waals surface area contributed by atoms with E-state index in [1.54, 1.807) is 0 Å². The first-order valence-corrected chi connectivity index (χ1v) is 19.2. The van der Waals surface area contributed by atoms with Crippen molar-refractivity contribution in [3.63, 3.8) is 0 Å². The molecule has 7 aromatic carbocycles. The summed E-state index contributed by atoms with van der Waals surface area (Å²) in [6.45, 7) is 4.80. The molecule has 1 aromatic heterocycles. The first-order valence-electron chi connectivity index (χ1n) is 19.2. The highest BCUT2D eigenvalue weighted by Gasteiger charge is 2.39. The fourth-order valence-corrected chi connectivity index (χ4v) is 8.52. The number of hydrogen-bond acceptors (Lipinski definition) is 3. The molecule has 0 spiro atoms. The molecule has 0 saturated heterocycles. The van der Waals surface area contributed by atoms with Gasteiger partial charge in [-0.25, -0.2) is 15.0 Å². The van der Waals surface area contributed by atoms with Gasteiger partial charge in [0.25, 0.3) is 0 Å². The van der Waals surface area contributed by atoms with Crippen molar-refractivity contribution in [2.75, 3.05) is 0 Å². The highest BCUT2D eigenvalue weighted by Crippen LogP contribution is 2.55. The minimum absolute atomic E-state index is 0.140. The van der Waals surface area contributed by atoms with E-state index in [0.717, 1.165) is 35.1 Å². The van der Waals surface area contributed by atoms with Gasteiger partial charge in [-0.1, -0.05) is 178 Å². The van der Waals surface area contributed by atoms with Gasteiger partial charge in [-0.05, 0) is 91.4 Å². The van der Waals surface area contributed by atoms with Gasteiger partial charge in [0.2, 0.25) is 0 Å². The molecular weight excluding hydrogens is 667 g/mol. The number of benzene rings is 7. The van der Waals surface area contributed by atoms with Crippen molar-refractivity contribution in [2.45, 2.75) is 32.1 Å². The number of fused-ring (bicyclic) bond motifs is 5. The van der Waals surface area contributed by atoms with Gasteiger partial charge in [-0.15, -0.1) is 0 Å². The van der Waals surface area contributed by atoms with E-state index in [9.17, 15) is 0 Å². The maximum atomic E-state index is 4.91. The Balaban J connectivity index is 0.970. The zero-order valence-electron chi connectivity index (χ0n) is 31.0. The summed E-state index contributed by atoms with van der Waals surface area (Å²) in [5.74, 6) is 1.98. The quantitative estimate of drug-likeness (QED) is 0.173. The van der Waals surface area contributed by atoms with Crippen molar-refractivity contribution in [3.05, 3.63) is 193 Å². The van der Waals surface area contributed by atoms with Gasteiger partial charge in [0.1, 0.15) is 0 Å². The third-order valence-corrected chi connectivity index (χ3v) is 11.3. The topological polar surface area (TPSA) is 38.7 Å². The summed E-state index contributed by atoms with van der Waals surface area (Å²) >= 11 is 0. The first kappa shape index (κ1) is 32.9. The largest absolute Gasteiger partial charge is 0.208 e. The van der Waals surface area contributed by atoms with Crippen molar-refractivity contribution < 1.29 is 0 Å². The van der Waals surface area contributed by atoms with Crippen LogP contribution < -0.4 is 0 Å². The van der Waals surface area contributed by atoms with Crippen LogP contribution in [0.2, 0.25) is 0 Å². The maximum absolute atomic E-state index is 4.91. The molecule has 0 unspecified atom stereocenters. The monoisotopic (exact) mass is 705 g/mol. The maximum Gasteiger partial charge on any atom is 0.164 e. The van der Waals surface area contributed by atoms with Crippen LogP contribution in [0.15, 0.2) is 176 Å². The van der Waals surface area contributed by atoms with Crippen LogP contribution in [-0.2, 0) is 5.41 Å². The van der Waals surface area contributed by atoms with Crippen molar-refractivity contribution in [2.24, 2.45) is 0 Å². The lowest BCUT2D eigenvalue weighted by Crippen LogP contribution is -2.16. The fourth-order valence-electron chi connectivity index (χ4n) is 8.52. The van der Waals surface area contributed by atoms with E-state index in [1.807, 2.05) is 60.7 Å². The van der Waals surface area contributed by atoms with Crippen LogP contribution in [0, 0.1) is 0 Å².